The van der Waals surface area contributed by atoms with E-state index in [1.54, 1.807) is 12.1 Å². The molecule has 2 aromatic carbocycles. The minimum absolute atomic E-state index is 0.0220. The van der Waals surface area contributed by atoms with E-state index in [-0.39, 0.29) is 11.7 Å². The molecule has 2 N–H and O–H groups in total. The molecule has 1 atom stereocenters. The third-order valence-corrected chi connectivity index (χ3v) is 4.05. The summed E-state index contributed by atoms with van der Waals surface area (Å²) >= 11 is 9.45. The first-order valence-electron chi connectivity index (χ1n) is 6.39. The van der Waals surface area contributed by atoms with Crippen LogP contribution in [-0.2, 0) is 12.8 Å². The molecular weight excluding hydrogens is 356 g/mol. The van der Waals surface area contributed by atoms with Crippen LogP contribution in [0.2, 0.25) is 5.02 Å². The third-order valence-electron chi connectivity index (χ3n) is 3.17. The summed E-state index contributed by atoms with van der Waals surface area (Å²) in [5, 5.41) is 11.4. The fourth-order valence-corrected chi connectivity index (χ4v) is 2.69. The van der Waals surface area contributed by atoms with E-state index in [1.165, 1.54) is 6.07 Å². The first-order chi connectivity index (χ1) is 9.97. The lowest BCUT2D eigenvalue weighted by Crippen LogP contribution is -2.26. The number of halogens is 2. The Morgan fingerprint density at radius 3 is 2.48 bits per heavy atom. The van der Waals surface area contributed by atoms with Gasteiger partial charge in [0.15, 0.2) is 0 Å². The van der Waals surface area contributed by atoms with Crippen molar-refractivity contribution < 1.29 is 4.92 Å². The summed E-state index contributed by atoms with van der Waals surface area (Å²) in [4.78, 5) is 10.6. The summed E-state index contributed by atoms with van der Waals surface area (Å²) in [6.45, 7) is 0. The number of nitrogens with zero attached hydrogens (tertiary/aromatic N) is 1. The van der Waals surface area contributed by atoms with E-state index in [0.717, 1.165) is 10.0 Å². The monoisotopic (exact) mass is 368 g/mol. The highest BCUT2D eigenvalue weighted by Gasteiger charge is 2.19. The Morgan fingerprint density at radius 1 is 1.19 bits per heavy atom. The second kappa shape index (κ2) is 7.02. The fourth-order valence-electron chi connectivity index (χ4n) is 2.18. The Morgan fingerprint density at radius 2 is 1.86 bits per heavy atom. The number of nitro benzene ring substituents is 1. The molecule has 0 amide bonds. The van der Waals surface area contributed by atoms with Crippen molar-refractivity contribution in [2.24, 2.45) is 5.73 Å². The van der Waals surface area contributed by atoms with Gasteiger partial charge in [-0.15, -0.1) is 0 Å². The molecule has 0 aliphatic heterocycles. The van der Waals surface area contributed by atoms with Crippen LogP contribution < -0.4 is 5.73 Å². The Kier molecular flexibility index (Phi) is 5.33. The van der Waals surface area contributed by atoms with Crippen LogP contribution in [0.25, 0.3) is 0 Å². The van der Waals surface area contributed by atoms with Crippen LogP contribution in [0.3, 0.4) is 0 Å². The number of benzene rings is 2. The van der Waals surface area contributed by atoms with E-state index in [9.17, 15) is 10.1 Å². The Bertz CT molecular complexity index is 647. The Labute approximate surface area is 136 Å². The van der Waals surface area contributed by atoms with Gasteiger partial charge in [0.05, 0.1) is 9.95 Å². The summed E-state index contributed by atoms with van der Waals surface area (Å²) < 4.78 is 1.00. The van der Waals surface area contributed by atoms with Crippen molar-refractivity contribution in [1.82, 2.24) is 0 Å². The van der Waals surface area contributed by atoms with Gasteiger partial charge in [0, 0.05) is 22.1 Å². The second-order valence-electron chi connectivity index (χ2n) is 4.79. The zero-order valence-electron chi connectivity index (χ0n) is 11.1. The number of nitro groups is 1. The van der Waals surface area contributed by atoms with Crippen LogP contribution in [0.1, 0.15) is 11.1 Å². The molecule has 21 heavy (non-hydrogen) atoms. The number of rotatable bonds is 5. The predicted molar refractivity (Wildman–Crippen MR) is 87.6 cm³/mol. The lowest BCUT2D eigenvalue weighted by molar-refractivity contribution is -0.385. The average Bonchev–Trinajstić information content (AvgIpc) is 2.43. The molecule has 0 saturated heterocycles. The fraction of sp³-hybridized carbons (Fsp3) is 0.200. The van der Waals surface area contributed by atoms with Crippen LogP contribution in [-0.4, -0.2) is 11.0 Å². The highest BCUT2D eigenvalue weighted by molar-refractivity contribution is 9.10. The van der Waals surface area contributed by atoms with Crippen LogP contribution in [0, 0.1) is 10.1 Å². The first kappa shape index (κ1) is 15.9. The van der Waals surface area contributed by atoms with Crippen molar-refractivity contribution in [3.8, 4) is 0 Å². The molecule has 0 bridgehead atoms. The molecule has 0 radical (unpaired) electrons. The molecule has 110 valence electrons. The van der Waals surface area contributed by atoms with Crippen molar-refractivity contribution in [2.45, 2.75) is 18.9 Å². The summed E-state index contributed by atoms with van der Waals surface area (Å²) in [5.74, 6) is 0. The summed E-state index contributed by atoms with van der Waals surface area (Å²) in [5.41, 5.74) is 7.72. The molecule has 4 nitrogen and oxygen atoms in total. The van der Waals surface area contributed by atoms with Crippen molar-refractivity contribution in [2.75, 3.05) is 0 Å². The maximum atomic E-state index is 11.1. The molecule has 0 aliphatic rings. The predicted octanol–water partition coefficient (Wildman–Crippen LogP) is 4.12. The van der Waals surface area contributed by atoms with E-state index >= 15 is 0 Å². The maximum Gasteiger partial charge on any atom is 0.274 e. The molecule has 0 spiro atoms. The maximum absolute atomic E-state index is 11.1. The van der Waals surface area contributed by atoms with Crippen LogP contribution >= 0.6 is 27.5 Å². The Balaban J connectivity index is 2.14. The van der Waals surface area contributed by atoms with Crippen LogP contribution in [0.15, 0.2) is 46.9 Å². The highest BCUT2D eigenvalue weighted by atomic mass is 79.9. The van der Waals surface area contributed by atoms with Gasteiger partial charge in [0.2, 0.25) is 0 Å². The van der Waals surface area contributed by atoms with Gasteiger partial charge < -0.3 is 5.73 Å². The summed E-state index contributed by atoms with van der Waals surface area (Å²) in [6.07, 6.45) is 1.00. The van der Waals surface area contributed by atoms with Gasteiger partial charge in [-0.3, -0.25) is 10.1 Å². The molecule has 2 rings (SSSR count). The SMILES string of the molecule is NC(Cc1ccc(Br)cc1)Cc1c(Cl)cccc1[N+](=O)[O-]. The van der Waals surface area contributed by atoms with E-state index in [0.29, 0.717) is 23.4 Å². The molecule has 1 unspecified atom stereocenters. The van der Waals surface area contributed by atoms with Gasteiger partial charge in [0.25, 0.3) is 5.69 Å². The third kappa shape index (κ3) is 4.27. The molecule has 0 heterocycles. The van der Waals surface area contributed by atoms with Crippen molar-refractivity contribution in [3.05, 3.63) is 73.2 Å². The standard InChI is InChI=1S/C15H14BrClN2O2/c16-11-6-4-10(5-7-11)8-12(18)9-13-14(17)2-1-3-15(13)19(20)21/h1-7,12H,8-9,18H2. The van der Waals surface area contributed by atoms with E-state index < -0.39 is 4.92 Å². The smallest absolute Gasteiger partial charge is 0.274 e. The quantitative estimate of drug-likeness (QED) is 0.636. The highest BCUT2D eigenvalue weighted by Crippen LogP contribution is 2.27. The van der Waals surface area contributed by atoms with Gasteiger partial charge in [-0.25, -0.2) is 0 Å². The van der Waals surface area contributed by atoms with Gasteiger partial charge >= 0.3 is 0 Å². The molecule has 0 saturated carbocycles. The zero-order chi connectivity index (χ0) is 15.4. The lowest BCUT2D eigenvalue weighted by Gasteiger charge is -2.13. The minimum Gasteiger partial charge on any atom is -0.327 e. The van der Waals surface area contributed by atoms with Gasteiger partial charge in [-0.1, -0.05) is 45.7 Å². The number of nitrogens with two attached hydrogens (primary N) is 1. The molecule has 0 fully saturated rings. The number of hydrogen-bond acceptors (Lipinski definition) is 3. The van der Waals surface area contributed by atoms with Crippen molar-refractivity contribution in [3.63, 3.8) is 0 Å². The van der Waals surface area contributed by atoms with Gasteiger partial charge in [-0.05, 0) is 36.6 Å². The largest absolute Gasteiger partial charge is 0.327 e. The average molecular weight is 370 g/mol. The second-order valence-corrected chi connectivity index (χ2v) is 6.11. The van der Waals surface area contributed by atoms with E-state index in [1.807, 2.05) is 24.3 Å². The molecule has 2 aromatic rings. The normalized spacial score (nSPS) is 12.1. The topological polar surface area (TPSA) is 69.2 Å². The lowest BCUT2D eigenvalue weighted by atomic mass is 9.98. The van der Waals surface area contributed by atoms with Gasteiger partial charge in [-0.2, -0.15) is 0 Å². The van der Waals surface area contributed by atoms with Crippen LogP contribution in [0.5, 0.6) is 0 Å². The molecule has 0 aromatic heterocycles. The minimum atomic E-state index is -0.423. The molecule has 0 aliphatic carbocycles. The first-order valence-corrected chi connectivity index (χ1v) is 7.56. The Hall–Kier alpha value is -1.43. The van der Waals surface area contributed by atoms with E-state index in [2.05, 4.69) is 15.9 Å². The number of hydrogen-bond donors (Lipinski definition) is 1. The molecule has 6 heteroatoms. The van der Waals surface area contributed by atoms with Gasteiger partial charge in [0.1, 0.15) is 0 Å². The van der Waals surface area contributed by atoms with Crippen molar-refractivity contribution in [1.29, 1.82) is 0 Å². The van der Waals surface area contributed by atoms with Crippen LogP contribution in [0.4, 0.5) is 5.69 Å². The van der Waals surface area contributed by atoms with E-state index in [4.69, 9.17) is 17.3 Å². The summed E-state index contributed by atoms with van der Waals surface area (Å²) in [6, 6.07) is 12.3. The summed E-state index contributed by atoms with van der Waals surface area (Å²) in [7, 11) is 0. The van der Waals surface area contributed by atoms with Crippen molar-refractivity contribution >= 4 is 33.2 Å². The zero-order valence-corrected chi connectivity index (χ0v) is 13.5. The molecular formula is C15H14BrClN2O2.